The monoisotopic (exact) mass is 242 g/mol. The summed E-state index contributed by atoms with van der Waals surface area (Å²) in [6.45, 7) is 6.16. The van der Waals surface area contributed by atoms with Crippen LogP contribution in [0, 0.1) is 0 Å². The van der Waals surface area contributed by atoms with Crippen LogP contribution in [0.3, 0.4) is 0 Å². The molecule has 3 rings (SSSR count). The zero-order valence-electron chi connectivity index (χ0n) is 10.5. The summed E-state index contributed by atoms with van der Waals surface area (Å²) in [6, 6.07) is 8.08. The lowest BCUT2D eigenvalue weighted by Gasteiger charge is -2.27. The Morgan fingerprint density at radius 3 is 2.72 bits per heavy atom. The second kappa shape index (κ2) is 4.58. The van der Waals surface area contributed by atoms with Crippen LogP contribution in [0.15, 0.2) is 30.8 Å². The van der Waals surface area contributed by atoms with Crippen molar-refractivity contribution in [3.8, 4) is 0 Å². The molecule has 1 saturated heterocycles. The molecule has 0 bridgehead atoms. The largest absolute Gasteiger partial charge is 0.317 e. The summed E-state index contributed by atoms with van der Waals surface area (Å²) in [6.07, 6.45) is 3.20. The zero-order chi connectivity index (χ0) is 12.5. The number of benzene rings is 1. The van der Waals surface area contributed by atoms with Gasteiger partial charge in [-0.1, -0.05) is 24.8 Å². The van der Waals surface area contributed by atoms with E-state index in [4.69, 9.17) is 0 Å². The van der Waals surface area contributed by atoms with Gasteiger partial charge in [0.1, 0.15) is 0 Å². The molecule has 18 heavy (non-hydrogen) atoms. The van der Waals surface area contributed by atoms with Crippen molar-refractivity contribution in [2.75, 3.05) is 13.1 Å². The molecule has 0 aromatic heterocycles. The van der Waals surface area contributed by atoms with Gasteiger partial charge in [-0.3, -0.25) is 4.79 Å². The SMILES string of the molecule is C=C1c2ccccc2C(=O)N1C1CCCNCC1. The van der Waals surface area contributed by atoms with E-state index in [-0.39, 0.29) is 5.91 Å². The Bertz CT molecular complexity index is 452. The molecule has 1 fully saturated rings. The maximum Gasteiger partial charge on any atom is 0.259 e. The molecular weight excluding hydrogens is 224 g/mol. The van der Waals surface area contributed by atoms with Crippen molar-refractivity contribution >= 4 is 11.6 Å². The second-order valence-electron chi connectivity index (χ2n) is 5.00. The summed E-state index contributed by atoms with van der Waals surface area (Å²) in [5, 5.41) is 3.38. The lowest BCUT2D eigenvalue weighted by molar-refractivity contribution is 0.0796. The molecular formula is C15H18N2O. The van der Waals surface area contributed by atoms with Crippen molar-refractivity contribution in [3.05, 3.63) is 42.0 Å². The number of nitrogens with one attached hydrogen (secondary N) is 1. The van der Waals surface area contributed by atoms with E-state index in [2.05, 4.69) is 11.9 Å². The molecule has 2 aliphatic rings. The fourth-order valence-electron chi connectivity index (χ4n) is 2.95. The van der Waals surface area contributed by atoms with Crippen LogP contribution in [0.4, 0.5) is 0 Å². The highest BCUT2D eigenvalue weighted by atomic mass is 16.2. The standard InChI is InChI=1S/C15H18N2O/c1-11-13-6-2-3-7-14(13)15(18)17(11)12-5-4-9-16-10-8-12/h2-3,6-7,12,16H,1,4-5,8-10H2. The fraction of sp³-hybridized carbons (Fsp3) is 0.400. The highest BCUT2D eigenvalue weighted by molar-refractivity contribution is 6.09. The molecule has 3 nitrogen and oxygen atoms in total. The number of carbonyl (C=O) groups is 1. The van der Waals surface area contributed by atoms with Crippen LogP contribution in [-0.2, 0) is 0 Å². The first-order valence-electron chi connectivity index (χ1n) is 6.61. The lowest BCUT2D eigenvalue weighted by atomic mass is 10.1. The van der Waals surface area contributed by atoms with Crippen LogP contribution in [-0.4, -0.2) is 29.9 Å². The molecule has 1 atom stereocenters. The average Bonchev–Trinajstić information content (AvgIpc) is 2.61. The van der Waals surface area contributed by atoms with E-state index in [0.29, 0.717) is 6.04 Å². The van der Waals surface area contributed by atoms with Gasteiger partial charge in [0.2, 0.25) is 0 Å². The van der Waals surface area contributed by atoms with Crippen LogP contribution in [0.2, 0.25) is 0 Å². The molecule has 0 radical (unpaired) electrons. The normalized spacial score (nSPS) is 24.0. The first kappa shape index (κ1) is 11.5. The molecule has 2 aliphatic heterocycles. The Morgan fingerprint density at radius 2 is 1.94 bits per heavy atom. The van der Waals surface area contributed by atoms with E-state index < -0.39 is 0 Å². The molecule has 2 heterocycles. The van der Waals surface area contributed by atoms with Gasteiger partial charge in [0.05, 0.1) is 0 Å². The van der Waals surface area contributed by atoms with Crippen molar-refractivity contribution in [2.45, 2.75) is 25.3 Å². The molecule has 1 N–H and O–H groups in total. The van der Waals surface area contributed by atoms with Gasteiger partial charge in [-0.05, 0) is 38.4 Å². The van der Waals surface area contributed by atoms with Crippen LogP contribution >= 0.6 is 0 Å². The molecule has 0 saturated carbocycles. The predicted octanol–water partition coefficient (Wildman–Crippen LogP) is 2.26. The third-order valence-electron chi connectivity index (χ3n) is 3.89. The van der Waals surface area contributed by atoms with Gasteiger partial charge in [0.15, 0.2) is 0 Å². The van der Waals surface area contributed by atoms with Crippen molar-refractivity contribution in [3.63, 3.8) is 0 Å². The summed E-state index contributed by atoms with van der Waals surface area (Å²) in [4.78, 5) is 14.4. The summed E-state index contributed by atoms with van der Waals surface area (Å²) in [5.74, 6) is 0.127. The van der Waals surface area contributed by atoms with Gasteiger partial charge >= 0.3 is 0 Å². The number of carbonyl (C=O) groups excluding carboxylic acids is 1. The smallest absolute Gasteiger partial charge is 0.259 e. The van der Waals surface area contributed by atoms with Gasteiger partial charge in [-0.25, -0.2) is 0 Å². The van der Waals surface area contributed by atoms with Gasteiger partial charge in [-0.15, -0.1) is 0 Å². The van der Waals surface area contributed by atoms with Crippen LogP contribution < -0.4 is 5.32 Å². The summed E-state index contributed by atoms with van der Waals surface area (Å²) < 4.78 is 0. The molecule has 1 unspecified atom stereocenters. The van der Waals surface area contributed by atoms with E-state index >= 15 is 0 Å². The molecule has 0 aliphatic carbocycles. The Labute approximate surface area is 107 Å². The molecule has 1 aromatic carbocycles. The van der Waals surface area contributed by atoms with Crippen molar-refractivity contribution in [2.24, 2.45) is 0 Å². The number of hydrogen-bond acceptors (Lipinski definition) is 2. The highest BCUT2D eigenvalue weighted by Crippen LogP contribution is 2.34. The lowest BCUT2D eigenvalue weighted by Crippen LogP contribution is -2.35. The van der Waals surface area contributed by atoms with E-state index in [1.54, 1.807) is 0 Å². The predicted molar refractivity (Wildman–Crippen MR) is 72.2 cm³/mol. The highest BCUT2D eigenvalue weighted by Gasteiger charge is 2.35. The average molecular weight is 242 g/mol. The molecule has 0 spiro atoms. The number of rotatable bonds is 1. The zero-order valence-corrected chi connectivity index (χ0v) is 10.5. The maximum atomic E-state index is 12.5. The Morgan fingerprint density at radius 1 is 1.17 bits per heavy atom. The molecule has 1 aromatic rings. The Hall–Kier alpha value is -1.61. The Balaban J connectivity index is 1.91. The second-order valence-corrected chi connectivity index (χ2v) is 5.00. The number of nitrogens with zero attached hydrogens (tertiary/aromatic N) is 1. The topological polar surface area (TPSA) is 32.3 Å². The molecule has 1 amide bonds. The van der Waals surface area contributed by atoms with Gasteiger partial charge in [0.25, 0.3) is 5.91 Å². The first-order chi connectivity index (χ1) is 8.79. The fourth-order valence-corrected chi connectivity index (χ4v) is 2.95. The summed E-state index contributed by atoms with van der Waals surface area (Å²) in [5.41, 5.74) is 2.68. The number of fused-ring (bicyclic) bond motifs is 1. The van der Waals surface area contributed by atoms with Gasteiger partial charge in [0, 0.05) is 22.9 Å². The molecule has 94 valence electrons. The van der Waals surface area contributed by atoms with E-state index in [0.717, 1.165) is 49.2 Å². The van der Waals surface area contributed by atoms with Crippen molar-refractivity contribution in [1.29, 1.82) is 0 Å². The Kier molecular flexibility index (Phi) is 2.92. The maximum absolute atomic E-state index is 12.5. The van der Waals surface area contributed by atoms with Crippen LogP contribution in [0.1, 0.15) is 35.2 Å². The minimum atomic E-state index is 0.127. The van der Waals surface area contributed by atoms with E-state index in [1.807, 2.05) is 29.2 Å². The van der Waals surface area contributed by atoms with Crippen molar-refractivity contribution < 1.29 is 4.79 Å². The number of amides is 1. The number of hydrogen-bond donors (Lipinski definition) is 1. The minimum absolute atomic E-state index is 0.127. The molecule has 3 heteroatoms. The van der Waals surface area contributed by atoms with E-state index in [1.165, 1.54) is 0 Å². The first-order valence-corrected chi connectivity index (χ1v) is 6.61. The summed E-state index contributed by atoms with van der Waals surface area (Å²) in [7, 11) is 0. The quantitative estimate of drug-likeness (QED) is 0.819. The van der Waals surface area contributed by atoms with Crippen molar-refractivity contribution in [1.82, 2.24) is 10.2 Å². The summed E-state index contributed by atoms with van der Waals surface area (Å²) >= 11 is 0. The van der Waals surface area contributed by atoms with Crippen LogP contribution in [0.25, 0.3) is 5.70 Å². The van der Waals surface area contributed by atoms with Crippen LogP contribution in [0.5, 0.6) is 0 Å². The minimum Gasteiger partial charge on any atom is -0.317 e. The van der Waals surface area contributed by atoms with Gasteiger partial charge in [-0.2, -0.15) is 0 Å². The third kappa shape index (κ3) is 1.75. The third-order valence-corrected chi connectivity index (χ3v) is 3.89. The van der Waals surface area contributed by atoms with Gasteiger partial charge < -0.3 is 10.2 Å². The van der Waals surface area contributed by atoms with E-state index in [9.17, 15) is 4.79 Å².